The summed E-state index contributed by atoms with van der Waals surface area (Å²) in [6.45, 7) is 2.93. The molecule has 1 aromatic carbocycles. The Morgan fingerprint density at radius 1 is 1.42 bits per heavy atom. The highest BCUT2D eigenvalue weighted by molar-refractivity contribution is 9.10. The van der Waals surface area contributed by atoms with E-state index in [1.54, 1.807) is 6.07 Å². The maximum atomic E-state index is 13.2. The zero-order valence-electron chi connectivity index (χ0n) is 11.1. The van der Waals surface area contributed by atoms with E-state index in [-0.39, 0.29) is 11.7 Å². The fourth-order valence-corrected chi connectivity index (χ4v) is 3.11. The van der Waals surface area contributed by atoms with Crippen molar-refractivity contribution in [1.82, 2.24) is 5.32 Å². The van der Waals surface area contributed by atoms with Crippen LogP contribution >= 0.6 is 15.9 Å². The van der Waals surface area contributed by atoms with Gasteiger partial charge < -0.3 is 5.32 Å². The predicted octanol–water partition coefficient (Wildman–Crippen LogP) is 4.14. The first-order valence-electron chi connectivity index (χ1n) is 6.81. The van der Waals surface area contributed by atoms with Crippen molar-refractivity contribution in [2.24, 2.45) is 11.8 Å². The molecule has 0 heterocycles. The molecule has 1 amide bonds. The fourth-order valence-electron chi connectivity index (χ4n) is 2.69. The van der Waals surface area contributed by atoms with Gasteiger partial charge in [-0.1, -0.05) is 26.2 Å². The molecule has 1 saturated carbocycles. The molecule has 19 heavy (non-hydrogen) atoms. The lowest BCUT2D eigenvalue weighted by Crippen LogP contribution is -2.33. The number of carbonyl (C=O) groups is 1. The Kier molecular flexibility index (Phi) is 4.97. The van der Waals surface area contributed by atoms with E-state index in [1.165, 1.54) is 37.8 Å². The first kappa shape index (κ1) is 14.5. The minimum absolute atomic E-state index is 0.204. The van der Waals surface area contributed by atoms with Gasteiger partial charge in [-0.05, 0) is 52.4 Å². The first-order valence-corrected chi connectivity index (χ1v) is 7.60. The summed E-state index contributed by atoms with van der Waals surface area (Å²) in [5, 5.41) is 2.93. The zero-order chi connectivity index (χ0) is 13.8. The Morgan fingerprint density at radius 3 is 2.89 bits per heavy atom. The number of hydrogen-bond donors (Lipinski definition) is 1. The van der Waals surface area contributed by atoms with Crippen LogP contribution in [0.15, 0.2) is 22.7 Å². The number of amides is 1. The second-order valence-electron chi connectivity index (χ2n) is 5.36. The number of carbonyl (C=O) groups excluding carboxylic acids is 1. The zero-order valence-corrected chi connectivity index (χ0v) is 12.7. The Morgan fingerprint density at radius 2 is 2.16 bits per heavy atom. The standard InChI is InChI=1S/C15H19BrFNO/c1-10-4-2-3-5-11(10)9-18-15(19)13-8-12(17)6-7-14(13)16/h6-8,10-11H,2-5,9H2,1H3,(H,18,19). The van der Waals surface area contributed by atoms with Crippen molar-refractivity contribution in [3.05, 3.63) is 34.1 Å². The average Bonchev–Trinajstić information content (AvgIpc) is 2.40. The molecule has 0 aliphatic heterocycles. The van der Waals surface area contributed by atoms with E-state index in [4.69, 9.17) is 0 Å². The van der Waals surface area contributed by atoms with Crippen molar-refractivity contribution in [2.45, 2.75) is 32.6 Å². The van der Waals surface area contributed by atoms with E-state index >= 15 is 0 Å². The fraction of sp³-hybridized carbons (Fsp3) is 0.533. The number of rotatable bonds is 3. The summed E-state index contributed by atoms with van der Waals surface area (Å²) >= 11 is 3.28. The van der Waals surface area contributed by atoms with Gasteiger partial charge in [0.1, 0.15) is 5.82 Å². The lowest BCUT2D eigenvalue weighted by molar-refractivity contribution is 0.0935. The lowest BCUT2D eigenvalue weighted by atomic mass is 9.80. The summed E-state index contributed by atoms with van der Waals surface area (Å²) in [4.78, 5) is 12.1. The van der Waals surface area contributed by atoms with Crippen molar-refractivity contribution in [3.63, 3.8) is 0 Å². The molecular formula is C15H19BrFNO. The molecule has 104 valence electrons. The summed E-state index contributed by atoms with van der Waals surface area (Å²) in [6, 6.07) is 4.17. The van der Waals surface area contributed by atoms with Crippen LogP contribution in [-0.4, -0.2) is 12.5 Å². The predicted molar refractivity (Wildman–Crippen MR) is 77.6 cm³/mol. The minimum Gasteiger partial charge on any atom is -0.352 e. The molecule has 2 atom stereocenters. The highest BCUT2D eigenvalue weighted by Gasteiger charge is 2.22. The van der Waals surface area contributed by atoms with Crippen LogP contribution in [-0.2, 0) is 0 Å². The van der Waals surface area contributed by atoms with E-state index < -0.39 is 0 Å². The molecule has 0 saturated heterocycles. The lowest BCUT2D eigenvalue weighted by Gasteiger charge is -2.28. The molecule has 2 unspecified atom stereocenters. The van der Waals surface area contributed by atoms with Gasteiger partial charge in [-0.25, -0.2) is 4.39 Å². The maximum absolute atomic E-state index is 13.2. The van der Waals surface area contributed by atoms with Gasteiger partial charge in [0.05, 0.1) is 5.56 Å². The summed E-state index contributed by atoms with van der Waals surface area (Å²) in [5.74, 6) is 0.610. The molecule has 0 bridgehead atoms. The third-order valence-electron chi connectivity index (χ3n) is 3.99. The molecule has 4 heteroatoms. The van der Waals surface area contributed by atoms with E-state index in [2.05, 4.69) is 28.2 Å². The topological polar surface area (TPSA) is 29.1 Å². The van der Waals surface area contributed by atoms with Gasteiger partial charge in [-0.2, -0.15) is 0 Å². The third-order valence-corrected chi connectivity index (χ3v) is 4.68. The summed E-state index contributed by atoms with van der Waals surface area (Å²) < 4.78 is 13.8. The van der Waals surface area contributed by atoms with Crippen LogP contribution in [0.2, 0.25) is 0 Å². The molecule has 2 nitrogen and oxygen atoms in total. The largest absolute Gasteiger partial charge is 0.352 e. The van der Waals surface area contributed by atoms with Crippen LogP contribution in [0.1, 0.15) is 43.0 Å². The first-order chi connectivity index (χ1) is 9.08. The molecule has 1 aliphatic rings. The number of hydrogen-bond acceptors (Lipinski definition) is 1. The van der Waals surface area contributed by atoms with Crippen molar-refractivity contribution in [1.29, 1.82) is 0 Å². The molecular weight excluding hydrogens is 309 g/mol. The SMILES string of the molecule is CC1CCCCC1CNC(=O)c1cc(F)ccc1Br. The van der Waals surface area contributed by atoms with E-state index in [0.29, 0.717) is 28.4 Å². The van der Waals surface area contributed by atoms with Crippen molar-refractivity contribution in [2.75, 3.05) is 6.54 Å². The van der Waals surface area contributed by atoms with Gasteiger partial charge in [0, 0.05) is 11.0 Å². The third kappa shape index (κ3) is 3.78. The summed E-state index contributed by atoms with van der Waals surface area (Å²) in [6.07, 6.45) is 4.95. The number of benzene rings is 1. The van der Waals surface area contributed by atoms with Gasteiger partial charge in [0.15, 0.2) is 0 Å². The van der Waals surface area contributed by atoms with E-state index in [1.807, 2.05) is 0 Å². The highest BCUT2D eigenvalue weighted by atomic mass is 79.9. The molecule has 0 spiro atoms. The van der Waals surface area contributed by atoms with Gasteiger partial charge in [-0.15, -0.1) is 0 Å². The van der Waals surface area contributed by atoms with Crippen LogP contribution in [0.3, 0.4) is 0 Å². The normalized spacial score (nSPS) is 23.1. The molecule has 1 aliphatic carbocycles. The molecule has 2 rings (SSSR count). The van der Waals surface area contributed by atoms with Gasteiger partial charge >= 0.3 is 0 Å². The Balaban J connectivity index is 1.95. The van der Waals surface area contributed by atoms with Crippen LogP contribution in [0.5, 0.6) is 0 Å². The summed E-state index contributed by atoms with van der Waals surface area (Å²) in [5.41, 5.74) is 0.364. The maximum Gasteiger partial charge on any atom is 0.252 e. The molecule has 1 aromatic rings. The molecule has 0 radical (unpaired) electrons. The quantitative estimate of drug-likeness (QED) is 0.887. The monoisotopic (exact) mass is 327 g/mol. The summed E-state index contributed by atoms with van der Waals surface area (Å²) in [7, 11) is 0. The van der Waals surface area contributed by atoms with E-state index in [9.17, 15) is 9.18 Å². The van der Waals surface area contributed by atoms with Crippen molar-refractivity contribution < 1.29 is 9.18 Å². The number of nitrogens with one attached hydrogen (secondary N) is 1. The molecule has 1 fully saturated rings. The average molecular weight is 328 g/mol. The van der Waals surface area contributed by atoms with E-state index in [0.717, 1.165) is 0 Å². The Labute approximate surface area is 121 Å². The second-order valence-corrected chi connectivity index (χ2v) is 6.21. The van der Waals surface area contributed by atoms with Crippen LogP contribution in [0.25, 0.3) is 0 Å². The van der Waals surface area contributed by atoms with Crippen LogP contribution in [0, 0.1) is 17.7 Å². The number of halogens is 2. The molecule has 1 N–H and O–H groups in total. The smallest absolute Gasteiger partial charge is 0.252 e. The van der Waals surface area contributed by atoms with Gasteiger partial charge in [0.2, 0.25) is 0 Å². The van der Waals surface area contributed by atoms with Gasteiger partial charge in [-0.3, -0.25) is 4.79 Å². The van der Waals surface area contributed by atoms with Crippen LogP contribution < -0.4 is 5.32 Å². The minimum atomic E-state index is -0.389. The Bertz CT molecular complexity index is 463. The van der Waals surface area contributed by atoms with Crippen LogP contribution in [0.4, 0.5) is 4.39 Å². The van der Waals surface area contributed by atoms with Gasteiger partial charge in [0.25, 0.3) is 5.91 Å². The highest BCUT2D eigenvalue weighted by Crippen LogP contribution is 2.29. The second kappa shape index (κ2) is 6.51. The van der Waals surface area contributed by atoms with Crippen molar-refractivity contribution >= 4 is 21.8 Å². The Hall–Kier alpha value is -0.900. The molecule has 0 aromatic heterocycles. The van der Waals surface area contributed by atoms with Crippen molar-refractivity contribution in [3.8, 4) is 0 Å².